The largest absolute Gasteiger partial charge is 0.378 e. The normalized spacial score (nSPS) is 32.6. The molecule has 3 rings (SSSR count). The zero-order chi connectivity index (χ0) is 12.8. The van der Waals surface area contributed by atoms with E-state index in [4.69, 9.17) is 4.74 Å². The Kier molecular flexibility index (Phi) is 3.00. The van der Waals surface area contributed by atoms with Gasteiger partial charge in [-0.3, -0.25) is 0 Å². The molecule has 2 amide bonds. The molecule has 0 saturated heterocycles. The van der Waals surface area contributed by atoms with Crippen LogP contribution in [0.25, 0.3) is 0 Å². The van der Waals surface area contributed by atoms with Gasteiger partial charge >= 0.3 is 6.03 Å². The quantitative estimate of drug-likeness (QED) is 0.833. The third-order valence-electron chi connectivity index (χ3n) is 5.15. The van der Waals surface area contributed by atoms with Gasteiger partial charge in [0.25, 0.3) is 0 Å². The van der Waals surface area contributed by atoms with Crippen molar-refractivity contribution in [1.29, 1.82) is 0 Å². The van der Waals surface area contributed by atoms with Gasteiger partial charge in [0.05, 0.1) is 6.10 Å². The topological polar surface area (TPSA) is 41.6 Å². The van der Waals surface area contributed by atoms with Gasteiger partial charge in [0, 0.05) is 31.2 Å². The van der Waals surface area contributed by atoms with Gasteiger partial charge in [-0.15, -0.1) is 0 Å². The van der Waals surface area contributed by atoms with E-state index in [0.717, 1.165) is 13.0 Å². The summed E-state index contributed by atoms with van der Waals surface area (Å²) in [5.74, 6) is 0. The minimum absolute atomic E-state index is 0.115. The van der Waals surface area contributed by atoms with Crippen molar-refractivity contribution in [3.63, 3.8) is 0 Å². The van der Waals surface area contributed by atoms with E-state index in [9.17, 15) is 4.79 Å². The van der Waals surface area contributed by atoms with Crippen molar-refractivity contribution >= 4 is 6.03 Å². The highest BCUT2D eigenvalue weighted by molar-refractivity contribution is 5.75. The second kappa shape index (κ2) is 4.41. The molecule has 0 radical (unpaired) electrons. The molecule has 0 heterocycles. The Morgan fingerprint density at radius 1 is 1.44 bits per heavy atom. The van der Waals surface area contributed by atoms with E-state index in [0.29, 0.717) is 18.2 Å². The number of nitrogens with one attached hydrogen (secondary N) is 1. The van der Waals surface area contributed by atoms with Crippen LogP contribution in [0.3, 0.4) is 0 Å². The molecule has 3 saturated carbocycles. The van der Waals surface area contributed by atoms with Crippen LogP contribution in [0.15, 0.2) is 0 Å². The first-order valence-corrected chi connectivity index (χ1v) is 7.32. The van der Waals surface area contributed by atoms with Crippen molar-refractivity contribution in [3.05, 3.63) is 0 Å². The highest BCUT2D eigenvalue weighted by atomic mass is 16.5. The highest BCUT2D eigenvalue weighted by Crippen LogP contribution is 2.57. The number of nitrogens with zero attached hydrogens (tertiary/aromatic N) is 1. The van der Waals surface area contributed by atoms with Gasteiger partial charge in [-0.1, -0.05) is 6.42 Å². The third-order valence-corrected chi connectivity index (χ3v) is 5.15. The molecule has 0 aromatic carbocycles. The summed E-state index contributed by atoms with van der Waals surface area (Å²) in [6.07, 6.45) is 7.44. The Morgan fingerprint density at radius 3 is 2.67 bits per heavy atom. The lowest BCUT2D eigenvalue weighted by molar-refractivity contribution is -0.169. The molecule has 0 aliphatic heterocycles. The molecule has 1 N–H and O–H groups in total. The first-order chi connectivity index (χ1) is 8.67. The van der Waals surface area contributed by atoms with E-state index < -0.39 is 0 Å². The van der Waals surface area contributed by atoms with Gasteiger partial charge in [0.2, 0.25) is 0 Å². The van der Waals surface area contributed by atoms with Crippen molar-refractivity contribution in [1.82, 2.24) is 10.2 Å². The fourth-order valence-electron chi connectivity index (χ4n) is 3.52. The fraction of sp³-hybridized carbons (Fsp3) is 0.929. The predicted octanol–water partition coefficient (Wildman–Crippen LogP) is 2.14. The maximum Gasteiger partial charge on any atom is 0.317 e. The summed E-state index contributed by atoms with van der Waals surface area (Å²) in [6, 6.07) is 0.949. The third kappa shape index (κ3) is 1.81. The number of carbonyl (C=O) groups is 1. The van der Waals surface area contributed by atoms with Crippen LogP contribution >= 0.6 is 0 Å². The average molecular weight is 252 g/mol. The summed E-state index contributed by atoms with van der Waals surface area (Å²) in [4.78, 5) is 14.0. The van der Waals surface area contributed by atoms with E-state index >= 15 is 0 Å². The maximum absolute atomic E-state index is 12.1. The van der Waals surface area contributed by atoms with Crippen LogP contribution < -0.4 is 5.32 Å². The van der Waals surface area contributed by atoms with Crippen LogP contribution in [0.1, 0.15) is 45.4 Å². The van der Waals surface area contributed by atoms with Crippen molar-refractivity contribution in [3.8, 4) is 0 Å². The average Bonchev–Trinajstić information content (AvgIpc) is 3.07. The Balaban J connectivity index is 1.55. The number of carbonyl (C=O) groups excluding carboxylic acids is 1. The number of hydrogen-bond acceptors (Lipinski definition) is 2. The molecule has 2 atom stereocenters. The van der Waals surface area contributed by atoms with Crippen LogP contribution in [-0.4, -0.2) is 42.8 Å². The number of hydrogen-bond donors (Lipinski definition) is 1. The molecule has 4 heteroatoms. The number of ether oxygens (including phenoxy) is 1. The maximum atomic E-state index is 12.1. The lowest BCUT2D eigenvalue weighted by Gasteiger charge is -2.61. The monoisotopic (exact) mass is 252 g/mol. The minimum atomic E-state index is 0.115. The number of rotatable bonds is 4. The molecule has 1 spiro atoms. The van der Waals surface area contributed by atoms with E-state index in [-0.39, 0.29) is 11.4 Å². The van der Waals surface area contributed by atoms with Gasteiger partial charge < -0.3 is 15.0 Å². The number of amides is 2. The van der Waals surface area contributed by atoms with Crippen molar-refractivity contribution in [2.45, 2.75) is 63.6 Å². The molecule has 3 aliphatic carbocycles. The van der Waals surface area contributed by atoms with Crippen molar-refractivity contribution in [2.75, 3.05) is 13.7 Å². The molecule has 0 aromatic rings. The Morgan fingerprint density at radius 2 is 2.17 bits per heavy atom. The summed E-state index contributed by atoms with van der Waals surface area (Å²) in [5.41, 5.74) is 0.274. The van der Waals surface area contributed by atoms with E-state index in [1.807, 2.05) is 11.9 Å². The molecule has 18 heavy (non-hydrogen) atoms. The summed E-state index contributed by atoms with van der Waals surface area (Å²) in [7, 11) is 1.92. The van der Waals surface area contributed by atoms with Gasteiger partial charge in [0.15, 0.2) is 0 Å². The molecular formula is C14H24N2O2. The van der Waals surface area contributed by atoms with Gasteiger partial charge in [-0.2, -0.15) is 0 Å². The molecule has 3 aliphatic rings. The summed E-state index contributed by atoms with van der Waals surface area (Å²) in [5, 5.41) is 3.23. The summed E-state index contributed by atoms with van der Waals surface area (Å²) in [6.45, 7) is 2.84. The molecule has 102 valence electrons. The first kappa shape index (κ1) is 12.3. The summed E-state index contributed by atoms with van der Waals surface area (Å²) >= 11 is 0. The lowest BCUT2D eigenvalue weighted by Crippen LogP contribution is -2.68. The van der Waals surface area contributed by atoms with Crippen molar-refractivity contribution < 1.29 is 9.53 Å². The van der Waals surface area contributed by atoms with E-state index in [1.165, 1.54) is 32.1 Å². The molecular weight excluding hydrogens is 228 g/mol. The predicted molar refractivity (Wildman–Crippen MR) is 69.4 cm³/mol. The lowest BCUT2D eigenvalue weighted by atomic mass is 9.51. The Hall–Kier alpha value is -0.770. The Labute approximate surface area is 109 Å². The van der Waals surface area contributed by atoms with Crippen LogP contribution in [0, 0.1) is 5.41 Å². The zero-order valence-corrected chi connectivity index (χ0v) is 11.4. The fourth-order valence-corrected chi connectivity index (χ4v) is 3.52. The van der Waals surface area contributed by atoms with Crippen LogP contribution in [-0.2, 0) is 4.74 Å². The molecule has 0 bridgehead atoms. The SMILES string of the molecule is CCO[C@@H]1C[C@@H](NC(=O)N(C)C2CC2)C12CCC2. The first-order valence-electron chi connectivity index (χ1n) is 7.32. The van der Waals surface area contributed by atoms with Crippen LogP contribution in [0.5, 0.6) is 0 Å². The van der Waals surface area contributed by atoms with E-state index in [1.54, 1.807) is 0 Å². The minimum Gasteiger partial charge on any atom is -0.378 e. The standard InChI is InChI=1S/C14H24N2O2/c1-3-18-12-9-11(14(12)7-4-8-14)15-13(17)16(2)10-5-6-10/h10-12H,3-9H2,1-2H3,(H,15,17)/t11-,12-/m1/s1. The smallest absolute Gasteiger partial charge is 0.317 e. The zero-order valence-electron chi connectivity index (χ0n) is 11.4. The van der Waals surface area contributed by atoms with Crippen LogP contribution in [0.4, 0.5) is 4.79 Å². The molecule has 0 unspecified atom stereocenters. The summed E-state index contributed by atoms with van der Waals surface area (Å²) < 4.78 is 5.80. The van der Waals surface area contributed by atoms with E-state index in [2.05, 4.69) is 12.2 Å². The van der Waals surface area contributed by atoms with Gasteiger partial charge in [-0.25, -0.2) is 4.79 Å². The van der Waals surface area contributed by atoms with Gasteiger partial charge in [-0.05, 0) is 39.0 Å². The molecule has 3 fully saturated rings. The highest BCUT2D eigenvalue weighted by Gasteiger charge is 2.59. The molecule has 4 nitrogen and oxygen atoms in total. The van der Waals surface area contributed by atoms with Gasteiger partial charge in [0.1, 0.15) is 0 Å². The second-order valence-corrected chi connectivity index (χ2v) is 6.11. The molecule has 0 aromatic heterocycles. The van der Waals surface area contributed by atoms with Crippen molar-refractivity contribution in [2.24, 2.45) is 5.41 Å². The number of urea groups is 1. The second-order valence-electron chi connectivity index (χ2n) is 6.11. The van der Waals surface area contributed by atoms with Crippen LogP contribution in [0.2, 0.25) is 0 Å². The Bertz CT molecular complexity index is 337.